The Morgan fingerprint density at radius 3 is 2.42 bits per heavy atom. The van der Waals surface area contributed by atoms with Gasteiger partial charge in [0.1, 0.15) is 42.6 Å². The van der Waals surface area contributed by atoms with Gasteiger partial charge in [0.2, 0.25) is 11.8 Å². The highest BCUT2D eigenvalue weighted by Gasteiger charge is 2.43. The van der Waals surface area contributed by atoms with Crippen molar-refractivity contribution in [2.45, 2.75) is 88.8 Å². The highest BCUT2D eigenvalue weighted by Crippen LogP contribution is 2.39. The van der Waals surface area contributed by atoms with E-state index in [9.17, 15) is 27.9 Å². The number of amides is 2. The second kappa shape index (κ2) is 18.8. The van der Waals surface area contributed by atoms with Gasteiger partial charge in [0.15, 0.2) is 8.32 Å². The number of piperazine rings is 1. The molecule has 15 heteroatoms. The Kier molecular flexibility index (Phi) is 14.0. The summed E-state index contributed by atoms with van der Waals surface area (Å²) in [6.07, 6.45) is -4.01. The zero-order valence-corrected chi connectivity index (χ0v) is 35.4. The van der Waals surface area contributed by atoms with Crippen LogP contribution in [0.3, 0.4) is 0 Å². The minimum atomic E-state index is -4.59. The maximum absolute atomic E-state index is 14.5. The Hall–Kier alpha value is -4.54. The number of hydrogen-bond acceptors (Lipinski definition) is 9. The summed E-state index contributed by atoms with van der Waals surface area (Å²) < 4.78 is 59.3. The zero-order chi connectivity index (χ0) is 42.4. The number of nitrogens with zero attached hydrogens (tertiary/aromatic N) is 3. The molecule has 0 spiro atoms. The van der Waals surface area contributed by atoms with Crippen LogP contribution >= 0.6 is 0 Å². The van der Waals surface area contributed by atoms with Crippen molar-refractivity contribution in [2.24, 2.45) is 5.92 Å². The summed E-state index contributed by atoms with van der Waals surface area (Å²) in [6.45, 7) is 10.7. The second-order valence-corrected chi connectivity index (χ2v) is 21.8. The third kappa shape index (κ3) is 11.8. The van der Waals surface area contributed by atoms with Gasteiger partial charge in [-0.2, -0.15) is 13.2 Å². The quantitative estimate of drug-likeness (QED) is 0.111. The van der Waals surface area contributed by atoms with Gasteiger partial charge in [-0.05, 0) is 54.9 Å². The highest BCUT2D eigenvalue weighted by molar-refractivity contribution is 6.74. The predicted octanol–water partition coefficient (Wildman–Crippen LogP) is 6.76. The Bertz CT molecular complexity index is 1990. The number of hydrogen-bond donors (Lipinski definition) is 3. The van der Waals surface area contributed by atoms with Crippen molar-refractivity contribution in [1.29, 1.82) is 0 Å². The normalized spacial score (nSPS) is 20.3. The minimum absolute atomic E-state index is 0.0157. The van der Waals surface area contributed by atoms with Gasteiger partial charge in [0.05, 0.1) is 18.7 Å². The summed E-state index contributed by atoms with van der Waals surface area (Å²) in [6, 6.07) is 24.5. The van der Waals surface area contributed by atoms with E-state index in [1.54, 1.807) is 18.3 Å². The number of ether oxygens (including phenoxy) is 1. The molecule has 3 N–H and O–H groups in total. The SMILES string of the molecule is CC(C)(C)[Si](C)(C)O[C@@H](CC(Cc1ccccn1)C(=O)N[C@H]1c2ccccc2OC[C@H]1O)CN1CCN(Cc2ccc(-c3ccccc3)o2)C[C@H]1C(=O)NCC(F)(F)F. The molecule has 5 atom stereocenters. The van der Waals surface area contributed by atoms with Crippen LogP contribution in [0.25, 0.3) is 11.3 Å². The molecule has 1 unspecified atom stereocenters. The van der Waals surface area contributed by atoms with Crippen molar-refractivity contribution >= 4 is 20.1 Å². The van der Waals surface area contributed by atoms with Crippen LogP contribution < -0.4 is 15.4 Å². The van der Waals surface area contributed by atoms with Gasteiger partial charge in [-0.25, -0.2) is 0 Å². The van der Waals surface area contributed by atoms with Crippen LogP contribution in [0, 0.1) is 5.92 Å². The van der Waals surface area contributed by atoms with Crippen molar-refractivity contribution < 1.29 is 41.4 Å². The van der Waals surface area contributed by atoms with Crippen molar-refractivity contribution in [1.82, 2.24) is 25.4 Å². The molecule has 59 heavy (non-hydrogen) atoms. The molecule has 2 aliphatic heterocycles. The number of carbonyl (C=O) groups excluding carboxylic acids is 2. The van der Waals surface area contributed by atoms with Crippen LogP contribution in [0.4, 0.5) is 13.2 Å². The third-order valence-corrected chi connectivity index (χ3v) is 16.1. The number of aliphatic hydroxyl groups is 1. The number of para-hydroxylation sites is 1. The molecular weight excluding hydrogens is 780 g/mol. The predicted molar refractivity (Wildman–Crippen MR) is 221 cm³/mol. The molecule has 0 bridgehead atoms. The zero-order valence-electron chi connectivity index (χ0n) is 34.4. The smallest absolute Gasteiger partial charge is 0.405 e. The van der Waals surface area contributed by atoms with E-state index in [4.69, 9.17) is 13.6 Å². The first kappa shape index (κ1) is 44.0. The van der Waals surface area contributed by atoms with Crippen molar-refractivity contribution in [3.05, 3.63) is 108 Å². The largest absolute Gasteiger partial charge is 0.490 e. The number of carbonyl (C=O) groups is 2. The fourth-order valence-electron chi connectivity index (χ4n) is 7.41. The lowest BCUT2D eigenvalue weighted by molar-refractivity contribution is -0.143. The summed E-state index contributed by atoms with van der Waals surface area (Å²) in [5.41, 5.74) is 2.28. The van der Waals surface area contributed by atoms with Crippen LogP contribution in [-0.4, -0.2) is 104 Å². The summed E-state index contributed by atoms with van der Waals surface area (Å²) in [5.74, 6) is 0.227. The molecule has 2 amide bonds. The van der Waals surface area contributed by atoms with E-state index in [2.05, 4.69) is 49.5 Å². The number of nitrogens with one attached hydrogen (secondary N) is 2. The topological polar surface area (TPSA) is 129 Å². The maximum atomic E-state index is 14.5. The minimum Gasteiger partial charge on any atom is -0.490 e. The number of alkyl halides is 3. The number of benzene rings is 2. The molecule has 318 valence electrons. The molecule has 1 fully saturated rings. The molecule has 2 aliphatic rings. The van der Waals surface area contributed by atoms with Gasteiger partial charge in [-0.1, -0.05) is 75.4 Å². The Morgan fingerprint density at radius 2 is 1.71 bits per heavy atom. The summed E-state index contributed by atoms with van der Waals surface area (Å²) in [5, 5.41) is 16.0. The number of pyridine rings is 1. The van der Waals surface area contributed by atoms with Crippen LogP contribution in [0.1, 0.15) is 50.3 Å². The van der Waals surface area contributed by atoms with Gasteiger partial charge >= 0.3 is 6.18 Å². The number of halogens is 3. The summed E-state index contributed by atoms with van der Waals surface area (Å²) >= 11 is 0. The average Bonchev–Trinajstić information content (AvgIpc) is 3.66. The molecule has 2 aromatic heterocycles. The van der Waals surface area contributed by atoms with E-state index >= 15 is 0 Å². The van der Waals surface area contributed by atoms with Gasteiger partial charge in [0, 0.05) is 61.5 Å². The maximum Gasteiger partial charge on any atom is 0.405 e. The molecule has 4 aromatic rings. The number of fused-ring (bicyclic) bond motifs is 1. The van der Waals surface area contributed by atoms with Crippen LogP contribution in [0.2, 0.25) is 18.1 Å². The van der Waals surface area contributed by atoms with Crippen LogP contribution in [-0.2, 0) is 27.0 Å². The Balaban J connectivity index is 1.27. The van der Waals surface area contributed by atoms with Gasteiger partial charge in [-0.15, -0.1) is 0 Å². The monoisotopic (exact) mass is 835 g/mol. The van der Waals surface area contributed by atoms with Crippen molar-refractivity contribution in [3.63, 3.8) is 0 Å². The number of furan rings is 1. The third-order valence-electron chi connectivity index (χ3n) is 11.6. The molecule has 1 saturated heterocycles. The molecule has 0 aliphatic carbocycles. The van der Waals surface area contributed by atoms with Gasteiger partial charge < -0.3 is 29.3 Å². The van der Waals surface area contributed by atoms with E-state index in [0.717, 1.165) is 5.56 Å². The number of aromatic nitrogens is 1. The van der Waals surface area contributed by atoms with E-state index in [1.165, 1.54) is 0 Å². The lowest BCUT2D eigenvalue weighted by Gasteiger charge is -2.45. The van der Waals surface area contributed by atoms with Gasteiger partial charge in [-0.3, -0.25) is 24.4 Å². The molecule has 0 saturated carbocycles. The lowest BCUT2D eigenvalue weighted by atomic mass is 9.92. The van der Waals surface area contributed by atoms with Crippen molar-refractivity contribution in [2.75, 3.05) is 39.3 Å². The standard InChI is InChI=1S/C44H56F3N5O6Si/c1-43(2,3)59(4,5)58-34(24-31(23-32-15-11-12-20-48-32)41(54)50-40-35-16-9-10-17-39(35)56-28-37(40)53)26-52-22-21-51(27-36(52)42(55)49-29-44(45,46)47)25-33-18-19-38(57-33)30-13-7-6-8-14-30/h6-20,31,34,36-37,40,53H,21-29H2,1-5H3,(H,49,55)(H,50,54)/t31?,34-,36-,37+,40-/m0/s1. The average molecular weight is 836 g/mol. The van der Waals surface area contributed by atoms with E-state index < -0.39 is 57.2 Å². The Morgan fingerprint density at radius 1 is 0.983 bits per heavy atom. The second-order valence-electron chi connectivity index (χ2n) is 17.1. The summed E-state index contributed by atoms with van der Waals surface area (Å²) in [7, 11) is -2.53. The van der Waals surface area contributed by atoms with Crippen LogP contribution in [0.15, 0.2) is 95.5 Å². The van der Waals surface area contributed by atoms with E-state index in [1.807, 2.05) is 82.6 Å². The lowest BCUT2D eigenvalue weighted by Crippen LogP contribution is -2.61. The summed E-state index contributed by atoms with van der Waals surface area (Å²) in [4.78, 5) is 36.7. The number of rotatable bonds is 15. The fourth-order valence-corrected chi connectivity index (χ4v) is 8.77. The molecule has 0 radical (unpaired) electrons. The van der Waals surface area contributed by atoms with Crippen molar-refractivity contribution in [3.8, 4) is 17.1 Å². The highest BCUT2D eigenvalue weighted by atomic mass is 28.4. The molecule has 2 aromatic carbocycles. The molecular formula is C44H56F3N5O6Si. The molecule has 11 nitrogen and oxygen atoms in total. The molecule has 4 heterocycles. The van der Waals surface area contributed by atoms with Gasteiger partial charge in [0.25, 0.3) is 0 Å². The van der Waals surface area contributed by atoms with E-state index in [0.29, 0.717) is 48.2 Å². The van der Waals surface area contributed by atoms with Crippen LogP contribution in [0.5, 0.6) is 5.75 Å². The van der Waals surface area contributed by atoms with E-state index in [-0.39, 0.29) is 43.5 Å². The number of aliphatic hydroxyl groups excluding tert-OH is 1. The first-order valence-corrected chi connectivity index (χ1v) is 23.1. The first-order chi connectivity index (χ1) is 28.0. The fraction of sp³-hybridized carbons (Fsp3) is 0.477. The molecule has 6 rings (SSSR count). The first-order valence-electron chi connectivity index (χ1n) is 20.2. The Labute approximate surface area is 345 Å².